The van der Waals surface area contributed by atoms with E-state index in [9.17, 15) is 4.79 Å². The quantitative estimate of drug-likeness (QED) is 0.740. The summed E-state index contributed by atoms with van der Waals surface area (Å²) in [6.45, 7) is 3.67. The summed E-state index contributed by atoms with van der Waals surface area (Å²) in [6, 6.07) is 3.02. The molecule has 7 heteroatoms. The molecule has 0 N–H and O–H groups in total. The van der Waals surface area contributed by atoms with Crippen LogP contribution in [0.1, 0.15) is 10.4 Å². The molecule has 2 saturated heterocycles. The fraction of sp³-hybridized carbons (Fsp3) is 0.562. The number of halogens is 3. The lowest BCUT2D eigenvalue weighted by Gasteiger charge is -2.48. The Hall–Kier alpha value is -0.520. The second kappa shape index (κ2) is 6.77. The molecule has 3 rings (SSSR count). The van der Waals surface area contributed by atoms with Crippen molar-refractivity contribution in [1.82, 2.24) is 9.80 Å². The summed E-state index contributed by atoms with van der Waals surface area (Å²) in [5, 5.41) is 0.847. The Morgan fingerprint density at radius 3 is 1.87 bits per heavy atom. The van der Waals surface area contributed by atoms with Crippen molar-refractivity contribution in [1.29, 1.82) is 0 Å². The summed E-state index contributed by atoms with van der Waals surface area (Å²) < 4.78 is 5.84. The van der Waals surface area contributed by atoms with Crippen LogP contribution in [0.2, 0.25) is 15.1 Å². The Bertz CT molecular complexity index is 572. The zero-order valence-corrected chi connectivity index (χ0v) is 15.3. The van der Waals surface area contributed by atoms with Crippen LogP contribution in [0.5, 0.6) is 0 Å². The Morgan fingerprint density at radius 1 is 1.00 bits per heavy atom. The van der Waals surface area contributed by atoms with E-state index in [1.165, 1.54) is 12.1 Å². The van der Waals surface area contributed by atoms with Crippen LogP contribution in [-0.4, -0.2) is 62.1 Å². The van der Waals surface area contributed by atoms with Crippen molar-refractivity contribution in [3.05, 3.63) is 32.8 Å². The third-order valence-corrected chi connectivity index (χ3v) is 5.38. The predicted octanol–water partition coefficient (Wildman–Crippen LogP) is 3.30. The van der Waals surface area contributed by atoms with Crippen LogP contribution in [0, 0.1) is 11.8 Å². The molecule has 2 bridgehead atoms. The highest BCUT2D eigenvalue weighted by atomic mass is 35.5. The first-order valence-electron chi connectivity index (χ1n) is 7.57. The van der Waals surface area contributed by atoms with Crippen molar-refractivity contribution in [2.24, 2.45) is 11.8 Å². The van der Waals surface area contributed by atoms with E-state index in [-0.39, 0.29) is 21.7 Å². The molecular weight excluding hydrogens is 359 g/mol. The summed E-state index contributed by atoms with van der Waals surface area (Å²) >= 11 is 18.2. The summed E-state index contributed by atoms with van der Waals surface area (Å²) in [5.74, 6) is 0.128. The standard InChI is InChI=1S/C16H19Cl3N2O2/c1-20-5-9-7-21(2)8-10(6-20)15(9)23-16(22)14-12(18)3-11(17)4-13(14)19/h3-4,9-10,15H,5-8H2,1-2H3. The molecule has 0 aromatic heterocycles. The highest BCUT2D eigenvalue weighted by Gasteiger charge is 2.43. The third kappa shape index (κ3) is 3.62. The van der Waals surface area contributed by atoms with E-state index in [0.717, 1.165) is 26.2 Å². The van der Waals surface area contributed by atoms with Crippen molar-refractivity contribution in [2.75, 3.05) is 40.3 Å². The lowest BCUT2D eigenvalue weighted by atomic mass is 9.82. The van der Waals surface area contributed by atoms with E-state index in [0.29, 0.717) is 16.9 Å². The topological polar surface area (TPSA) is 32.8 Å². The molecule has 2 heterocycles. The van der Waals surface area contributed by atoms with Crippen LogP contribution in [0.25, 0.3) is 0 Å². The van der Waals surface area contributed by atoms with E-state index in [4.69, 9.17) is 39.5 Å². The first kappa shape index (κ1) is 17.3. The predicted molar refractivity (Wildman–Crippen MR) is 92.6 cm³/mol. The molecule has 23 heavy (non-hydrogen) atoms. The molecule has 2 aliphatic rings. The van der Waals surface area contributed by atoms with Crippen molar-refractivity contribution in [3.63, 3.8) is 0 Å². The van der Waals surface area contributed by atoms with Gasteiger partial charge in [0.05, 0.1) is 15.6 Å². The molecule has 0 unspecified atom stereocenters. The van der Waals surface area contributed by atoms with Crippen molar-refractivity contribution in [2.45, 2.75) is 6.10 Å². The van der Waals surface area contributed by atoms with Gasteiger partial charge in [0.15, 0.2) is 0 Å². The van der Waals surface area contributed by atoms with Gasteiger partial charge in [-0.2, -0.15) is 0 Å². The molecule has 0 atom stereocenters. The zero-order valence-electron chi connectivity index (χ0n) is 13.1. The Morgan fingerprint density at radius 2 is 1.43 bits per heavy atom. The third-order valence-electron chi connectivity index (χ3n) is 4.57. The van der Waals surface area contributed by atoms with Crippen LogP contribution < -0.4 is 0 Å². The number of piperidine rings is 2. The number of ether oxygens (including phenoxy) is 1. The monoisotopic (exact) mass is 376 g/mol. The smallest absolute Gasteiger partial charge is 0.341 e. The van der Waals surface area contributed by atoms with E-state index >= 15 is 0 Å². The van der Waals surface area contributed by atoms with Gasteiger partial charge in [-0.05, 0) is 26.2 Å². The van der Waals surface area contributed by atoms with Gasteiger partial charge in [-0.3, -0.25) is 0 Å². The van der Waals surface area contributed by atoms with E-state index < -0.39 is 5.97 Å². The molecule has 2 fully saturated rings. The first-order chi connectivity index (χ1) is 10.8. The Balaban J connectivity index is 1.80. The van der Waals surface area contributed by atoms with E-state index in [2.05, 4.69) is 23.9 Å². The number of esters is 1. The van der Waals surface area contributed by atoms with Gasteiger partial charge in [0.1, 0.15) is 6.10 Å². The number of carbonyl (C=O) groups is 1. The SMILES string of the molecule is CN1CC2CN(C)CC(C1)C2OC(=O)c1c(Cl)cc(Cl)cc1Cl. The van der Waals surface area contributed by atoms with Gasteiger partial charge < -0.3 is 14.5 Å². The molecule has 126 valence electrons. The summed E-state index contributed by atoms with van der Waals surface area (Å²) in [7, 11) is 4.21. The molecule has 4 nitrogen and oxygen atoms in total. The molecule has 0 saturated carbocycles. The largest absolute Gasteiger partial charge is 0.458 e. The number of benzene rings is 1. The number of hydrogen-bond acceptors (Lipinski definition) is 4. The Labute approximate surface area is 151 Å². The molecule has 0 radical (unpaired) electrons. The first-order valence-corrected chi connectivity index (χ1v) is 8.71. The Kier molecular flexibility index (Phi) is 5.09. The molecule has 0 spiro atoms. The molecule has 2 aliphatic heterocycles. The maximum Gasteiger partial charge on any atom is 0.341 e. The van der Waals surface area contributed by atoms with Crippen molar-refractivity contribution in [3.8, 4) is 0 Å². The zero-order chi connectivity index (χ0) is 16.7. The van der Waals surface area contributed by atoms with Gasteiger partial charge in [0, 0.05) is 43.0 Å². The van der Waals surface area contributed by atoms with E-state index in [1.807, 2.05) is 0 Å². The minimum Gasteiger partial charge on any atom is -0.458 e. The van der Waals surface area contributed by atoms with Crippen LogP contribution in [0.4, 0.5) is 0 Å². The average molecular weight is 378 g/mol. The van der Waals surface area contributed by atoms with E-state index in [1.54, 1.807) is 0 Å². The van der Waals surface area contributed by atoms with Gasteiger partial charge in [0.25, 0.3) is 0 Å². The number of nitrogens with zero attached hydrogens (tertiary/aromatic N) is 2. The normalized spacial score (nSPS) is 28.7. The van der Waals surface area contributed by atoms with Gasteiger partial charge in [-0.1, -0.05) is 34.8 Å². The van der Waals surface area contributed by atoms with Crippen LogP contribution in [-0.2, 0) is 4.74 Å². The maximum atomic E-state index is 12.6. The molecule has 0 aliphatic carbocycles. The highest BCUT2D eigenvalue weighted by Crippen LogP contribution is 2.34. The summed E-state index contributed by atoms with van der Waals surface area (Å²) in [5.41, 5.74) is 0.197. The fourth-order valence-corrected chi connectivity index (χ4v) is 4.75. The minimum absolute atomic E-state index is 0.0993. The lowest BCUT2D eigenvalue weighted by molar-refractivity contribution is -0.0792. The summed E-state index contributed by atoms with van der Waals surface area (Å²) in [6.07, 6.45) is -0.0993. The van der Waals surface area contributed by atoms with Gasteiger partial charge in [-0.15, -0.1) is 0 Å². The fourth-order valence-electron chi connectivity index (χ4n) is 3.78. The van der Waals surface area contributed by atoms with Gasteiger partial charge in [-0.25, -0.2) is 4.79 Å². The summed E-state index contributed by atoms with van der Waals surface area (Å²) in [4.78, 5) is 17.2. The van der Waals surface area contributed by atoms with Crippen LogP contribution in [0.3, 0.4) is 0 Å². The number of fused-ring (bicyclic) bond motifs is 2. The lowest BCUT2D eigenvalue weighted by Crippen LogP contribution is -2.59. The number of carbonyl (C=O) groups excluding carboxylic acids is 1. The number of hydrogen-bond donors (Lipinski definition) is 0. The van der Waals surface area contributed by atoms with Gasteiger partial charge >= 0.3 is 5.97 Å². The van der Waals surface area contributed by atoms with Crippen molar-refractivity contribution < 1.29 is 9.53 Å². The van der Waals surface area contributed by atoms with Crippen molar-refractivity contribution >= 4 is 40.8 Å². The minimum atomic E-state index is -0.467. The van der Waals surface area contributed by atoms with Crippen LogP contribution >= 0.6 is 34.8 Å². The molecule has 1 aromatic carbocycles. The van der Waals surface area contributed by atoms with Gasteiger partial charge in [0.2, 0.25) is 0 Å². The average Bonchev–Trinajstić information content (AvgIpc) is 2.39. The van der Waals surface area contributed by atoms with Crippen LogP contribution in [0.15, 0.2) is 12.1 Å². The second-order valence-electron chi connectivity index (χ2n) is 6.58. The molecule has 0 amide bonds. The highest BCUT2D eigenvalue weighted by molar-refractivity contribution is 6.41. The number of likely N-dealkylation sites (tertiary alicyclic amines) is 2. The maximum absolute atomic E-state index is 12.6. The second-order valence-corrected chi connectivity index (χ2v) is 7.83. The number of rotatable bonds is 2. The molecular formula is C16H19Cl3N2O2. The molecule has 1 aromatic rings.